The van der Waals surface area contributed by atoms with Crippen molar-refractivity contribution < 1.29 is 0 Å². The second kappa shape index (κ2) is 3.67. The molecule has 2 heterocycles. The van der Waals surface area contributed by atoms with E-state index in [0.717, 1.165) is 16.6 Å². The molecule has 0 aliphatic rings. The van der Waals surface area contributed by atoms with Gasteiger partial charge in [-0.15, -0.1) is 5.10 Å². The van der Waals surface area contributed by atoms with Crippen LogP contribution in [0.2, 0.25) is 0 Å². The van der Waals surface area contributed by atoms with Gasteiger partial charge in [-0.25, -0.2) is 0 Å². The van der Waals surface area contributed by atoms with Gasteiger partial charge in [-0.05, 0) is 20.8 Å². The van der Waals surface area contributed by atoms with E-state index >= 15 is 0 Å². The summed E-state index contributed by atoms with van der Waals surface area (Å²) in [7, 11) is 0. The number of rotatable bonds is 0. The fourth-order valence-corrected chi connectivity index (χ4v) is 2.03. The summed E-state index contributed by atoms with van der Waals surface area (Å²) in [6.45, 7) is 12.7. The van der Waals surface area contributed by atoms with Crippen molar-refractivity contribution in [3.63, 3.8) is 0 Å². The topological polar surface area (TPSA) is 69.6 Å². The van der Waals surface area contributed by atoms with Gasteiger partial charge in [0.05, 0.1) is 28.3 Å². The van der Waals surface area contributed by atoms with Gasteiger partial charge in [-0.1, -0.05) is 20.8 Å². The van der Waals surface area contributed by atoms with Gasteiger partial charge in [-0.3, -0.25) is 4.68 Å². The third-order valence-electron chi connectivity index (χ3n) is 2.87. The van der Waals surface area contributed by atoms with Crippen LogP contribution >= 0.6 is 0 Å². The van der Waals surface area contributed by atoms with Gasteiger partial charge in [0.25, 0.3) is 0 Å². The Morgan fingerprint density at radius 3 is 2.22 bits per heavy atom. The zero-order chi connectivity index (χ0) is 13.7. The molecule has 2 aromatic rings. The summed E-state index contributed by atoms with van der Waals surface area (Å²) in [5.74, 6) is 0.452. The normalized spacial score (nSPS) is 13.2. The first-order valence-electron chi connectivity index (χ1n) is 6.13. The molecule has 0 spiro atoms. The molecule has 5 heteroatoms. The van der Waals surface area contributed by atoms with Crippen LogP contribution in [0, 0.1) is 0 Å². The zero-order valence-electron chi connectivity index (χ0n) is 11.9. The molecule has 0 radical (unpaired) electrons. The molecule has 2 N–H and O–H groups in total. The highest BCUT2D eigenvalue weighted by Crippen LogP contribution is 2.33. The number of hydrogen-bond acceptors (Lipinski definition) is 4. The van der Waals surface area contributed by atoms with Crippen molar-refractivity contribution in [1.29, 1.82) is 0 Å². The predicted octanol–water partition coefficient (Wildman–Crippen LogP) is 2.46. The van der Waals surface area contributed by atoms with Crippen LogP contribution in [0.1, 0.15) is 47.2 Å². The van der Waals surface area contributed by atoms with Gasteiger partial charge in [0.1, 0.15) is 0 Å². The Bertz CT molecular complexity index is 584. The van der Waals surface area contributed by atoms with Crippen molar-refractivity contribution in [2.45, 2.75) is 52.5 Å². The summed E-state index contributed by atoms with van der Waals surface area (Å²) in [5.41, 5.74) is 7.71. The minimum Gasteiger partial charge on any atom is -0.382 e. The fraction of sp³-hybridized carbons (Fsp3) is 0.615. The number of hydrogen-bond donors (Lipinski definition) is 1. The molecule has 0 fully saturated rings. The molecule has 0 atom stereocenters. The van der Waals surface area contributed by atoms with Gasteiger partial charge < -0.3 is 5.73 Å². The quantitative estimate of drug-likeness (QED) is 0.776. The Labute approximate surface area is 107 Å². The van der Waals surface area contributed by atoms with Crippen molar-refractivity contribution >= 4 is 16.7 Å². The Hall–Kier alpha value is -1.65. The Balaban J connectivity index is 2.89. The van der Waals surface area contributed by atoms with Crippen LogP contribution in [-0.2, 0) is 11.0 Å². The van der Waals surface area contributed by atoms with E-state index in [2.05, 4.69) is 51.7 Å². The number of anilines is 1. The monoisotopic (exact) mass is 247 g/mol. The molecule has 2 rings (SSSR count). The minimum absolute atomic E-state index is 0.0775. The molecule has 0 bridgehead atoms. The number of nitrogen functional groups attached to an aromatic ring is 1. The Morgan fingerprint density at radius 1 is 1.11 bits per heavy atom. The first-order valence-corrected chi connectivity index (χ1v) is 6.13. The van der Waals surface area contributed by atoms with Crippen LogP contribution in [0.15, 0.2) is 6.20 Å². The van der Waals surface area contributed by atoms with E-state index in [1.165, 1.54) is 0 Å². The molecule has 0 unspecified atom stereocenters. The predicted molar refractivity (Wildman–Crippen MR) is 73.4 cm³/mol. The maximum Gasteiger partial charge on any atom is 0.157 e. The number of fused-ring (bicyclic) bond motifs is 1. The molecule has 0 aliphatic carbocycles. The lowest BCUT2D eigenvalue weighted by molar-refractivity contribution is 0.359. The van der Waals surface area contributed by atoms with E-state index in [4.69, 9.17) is 10.8 Å². The summed E-state index contributed by atoms with van der Waals surface area (Å²) in [6, 6.07) is 0. The van der Waals surface area contributed by atoms with E-state index in [1.54, 1.807) is 6.20 Å². The second-order valence-corrected chi connectivity index (χ2v) is 6.67. The first-order chi connectivity index (χ1) is 8.12. The van der Waals surface area contributed by atoms with Crippen LogP contribution in [0.3, 0.4) is 0 Å². The van der Waals surface area contributed by atoms with Gasteiger partial charge in [0.15, 0.2) is 5.82 Å². The standard InChI is InChI=1S/C13H21N5/c1-12(2,3)10-9-8(7-15-16-11(9)14)18(17-10)13(4,5)6/h7H,1-6H3,(H2,14,16). The smallest absolute Gasteiger partial charge is 0.157 e. The highest BCUT2D eigenvalue weighted by atomic mass is 15.3. The summed E-state index contributed by atoms with van der Waals surface area (Å²) in [6.07, 6.45) is 1.74. The molecular weight excluding hydrogens is 226 g/mol. The lowest BCUT2D eigenvalue weighted by Crippen LogP contribution is -2.24. The number of aromatic nitrogens is 4. The van der Waals surface area contributed by atoms with Crippen molar-refractivity contribution in [3.05, 3.63) is 11.9 Å². The van der Waals surface area contributed by atoms with E-state index < -0.39 is 0 Å². The number of nitrogens with zero attached hydrogens (tertiary/aromatic N) is 4. The average Bonchev–Trinajstić information content (AvgIpc) is 2.56. The van der Waals surface area contributed by atoms with E-state index in [0.29, 0.717) is 5.82 Å². The van der Waals surface area contributed by atoms with Crippen molar-refractivity contribution in [2.24, 2.45) is 0 Å². The zero-order valence-corrected chi connectivity index (χ0v) is 11.9. The molecule has 0 amide bonds. The van der Waals surface area contributed by atoms with Crippen molar-refractivity contribution in [2.75, 3.05) is 5.73 Å². The molecule has 0 saturated carbocycles. The highest BCUT2D eigenvalue weighted by molar-refractivity contribution is 5.91. The SMILES string of the molecule is CC(C)(C)c1nn(C(C)(C)C)c2cnnc(N)c12. The largest absolute Gasteiger partial charge is 0.382 e. The van der Waals surface area contributed by atoms with E-state index in [9.17, 15) is 0 Å². The average molecular weight is 247 g/mol. The lowest BCUT2D eigenvalue weighted by Gasteiger charge is -2.21. The lowest BCUT2D eigenvalue weighted by atomic mass is 9.90. The van der Waals surface area contributed by atoms with Gasteiger partial charge in [0.2, 0.25) is 0 Å². The molecule has 5 nitrogen and oxygen atoms in total. The van der Waals surface area contributed by atoms with Gasteiger partial charge >= 0.3 is 0 Å². The van der Waals surface area contributed by atoms with E-state index in [-0.39, 0.29) is 11.0 Å². The highest BCUT2D eigenvalue weighted by Gasteiger charge is 2.28. The second-order valence-electron chi connectivity index (χ2n) is 6.67. The molecule has 18 heavy (non-hydrogen) atoms. The van der Waals surface area contributed by atoms with Gasteiger partial charge in [0, 0.05) is 5.41 Å². The minimum atomic E-state index is -0.114. The number of nitrogens with two attached hydrogens (primary N) is 1. The fourth-order valence-electron chi connectivity index (χ4n) is 2.03. The van der Waals surface area contributed by atoms with E-state index in [1.807, 2.05) is 4.68 Å². The third-order valence-corrected chi connectivity index (χ3v) is 2.87. The molecule has 0 aliphatic heterocycles. The summed E-state index contributed by atoms with van der Waals surface area (Å²) >= 11 is 0. The Kier molecular flexibility index (Phi) is 2.61. The summed E-state index contributed by atoms with van der Waals surface area (Å²) in [5, 5.41) is 13.6. The first kappa shape index (κ1) is 12.8. The summed E-state index contributed by atoms with van der Waals surface area (Å²) < 4.78 is 1.98. The van der Waals surface area contributed by atoms with Crippen molar-refractivity contribution in [1.82, 2.24) is 20.0 Å². The molecular formula is C13H21N5. The van der Waals surface area contributed by atoms with Crippen LogP contribution in [0.4, 0.5) is 5.82 Å². The maximum absolute atomic E-state index is 5.98. The summed E-state index contributed by atoms with van der Waals surface area (Å²) in [4.78, 5) is 0. The molecule has 0 saturated heterocycles. The van der Waals surface area contributed by atoms with Crippen LogP contribution in [0.25, 0.3) is 10.9 Å². The van der Waals surface area contributed by atoms with Crippen molar-refractivity contribution in [3.8, 4) is 0 Å². The Morgan fingerprint density at radius 2 is 1.72 bits per heavy atom. The molecule has 2 aromatic heterocycles. The third kappa shape index (κ3) is 1.94. The maximum atomic E-state index is 5.98. The molecule has 98 valence electrons. The van der Waals surface area contributed by atoms with Crippen LogP contribution in [-0.4, -0.2) is 20.0 Å². The van der Waals surface area contributed by atoms with Crippen LogP contribution < -0.4 is 5.73 Å². The van der Waals surface area contributed by atoms with Crippen LogP contribution in [0.5, 0.6) is 0 Å². The molecule has 0 aromatic carbocycles. The van der Waals surface area contributed by atoms with Gasteiger partial charge in [-0.2, -0.15) is 10.2 Å².